The van der Waals surface area contributed by atoms with E-state index < -0.39 is 0 Å². The summed E-state index contributed by atoms with van der Waals surface area (Å²) in [7, 11) is -0.384. The van der Waals surface area contributed by atoms with Gasteiger partial charge >= 0.3 is 7.12 Å². The van der Waals surface area contributed by atoms with Gasteiger partial charge in [0.15, 0.2) is 0 Å². The number of rotatable bonds is 1. The molecule has 4 nitrogen and oxygen atoms in total. The van der Waals surface area contributed by atoms with E-state index in [1.807, 2.05) is 45.9 Å². The molecule has 3 aliphatic rings. The highest BCUT2D eigenvalue weighted by Crippen LogP contribution is 2.44. The molecule has 1 fully saturated rings. The van der Waals surface area contributed by atoms with Crippen LogP contribution < -0.4 is 0 Å². The number of carbonyl (C=O) groups is 1. The second kappa shape index (κ2) is 4.27. The molecule has 2 aliphatic heterocycles. The highest BCUT2D eigenvalue weighted by Gasteiger charge is 2.54. The predicted molar refractivity (Wildman–Crippen MR) is 78.6 cm³/mol. The lowest BCUT2D eigenvalue weighted by molar-refractivity contribution is -0.114. The summed E-state index contributed by atoms with van der Waals surface area (Å²) in [6.45, 7) is 8.10. The van der Waals surface area contributed by atoms with Gasteiger partial charge in [0, 0.05) is 17.6 Å². The van der Waals surface area contributed by atoms with Crippen LogP contribution in [0, 0.1) is 0 Å². The van der Waals surface area contributed by atoms with Gasteiger partial charge in [-0.25, -0.2) is 4.99 Å². The minimum absolute atomic E-state index is 0.0771. The van der Waals surface area contributed by atoms with E-state index in [0.29, 0.717) is 5.57 Å². The van der Waals surface area contributed by atoms with Gasteiger partial charge in [0.2, 0.25) is 0 Å². The molecule has 1 atom stereocenters. The van der Waals surface area contributed by atoms with Gasteiger partial charge in [0.25, 0.3) is 5.91 Å². The summed E-state index contributed by atoms with van der Waals surface area (Å²) < 4.78 is 12.2. The standard InChI is InChI=1S/C15H18BNO3/c1-14(2)15(3,4)20-16(19-14)12-7-5-6-11-10(12)8-9-17-13(11)18/h5-9,12H,1-4H3. The maximum atomic E-state index is 11.8. The first-order valence-corrected chi connectivity index (χ1v) is 6.85. The van der Waals surface area contributed by atoms with Crippen LogP contribution in [0.25, 0.3) is 0 Å². The van der Waals surface area contributed by atoms with Gasteiger partial charge in [-0.05, 0) is 45.4 Å². The smallest absolute Gasteiger partial charge is 0.403 e. The number of carbonyl (C=O) groups excluding carboxylic acids is 1. The molecular weight excluding hydrogens is 253 g/mol. The van der Waals surface area contributed by atoms with E-state index in [1.54, 1.807) is 12.3 Å². The molecule has 0 spiro atoms. The first-order chi connectivity index (χ1) is 9.32. The Morgan fingerprint density at radius 3 is 2.45 bits per heavy atom. The first kappa shape index (κ1) is 13.5. The zero-order valence-corrected chi connectivity index (χ0v) is 12.2. The van der Waals surface area contributed by atoms with Gasteiger partial charge in [-0.2, -0.15) is 0 Å². The van der Waals surface area contributed by atoms with Crippen molar-refractivity contribution in [3.63, 3.8) is 0 Å². The molecule has 1 amide bonds. The van der Waals surface area contributed by atoms with Crippen molar-refractivity contribution in [2.24, 2.45) is 4.99 Å². The van der Waals surface area contributed by atoms with Crippen LogP contribution >= 0.6 is 0 Å². The number of aliphatic imine (C=N–C) groups is 1. The molecular formula is C15H18BNO3. The van der Waals surface area contributed by atoms with Crippen molar-refractivity contribution in [1.29, 1.82) is 0 Å². The molecule has 0 radical (unpaired) electrons. The van der Waals surface area contributed by atoms with Crippen molar-refractivity contribution in [3.05, 3.63) is 35.5 Å². The summed E-state index contributed by atoms with van der Waals surface area (Å²) in [5, 5.41) is 0. The number of hydrogen-bond donors (Lipinski definition) is 0. The third kappa shape index (κ3) is 1.93. The molecule has 104 valence electrons. The van der Waals surface area contributed by atoms with Crippen molar-refractivity contribution in [2.45, 2.75) is 44.7 Å². The lowest BCUT2D eigenvalue weighted by atomic mass is 9.64. The van der Waals surface area contributed by atoms with Crippen LogP contribution in [0.4, 0.5) is 0 Å². The molecule has 20 heavy (non-hydrogen) atoms. The van der Waals surface area contributed by atoms with Gasteiger partial charge in [0.05, 0.1) is 11.2 Å². The Morgan fingerprint density at radius 1 is 1.15 bits per heavy atom. The maximum absolute atomic E-state index is 11.8. The number of fused-ring (bicyclic) bond motifs is 1. The molecule has 5 heteroatoms. The number of allylic oxidation sites excluding steroid dienone is 4. The number of nitrogens with zero attached hydrogens (tertiary/aromatic N) is 1. The van der Waals surface area contributed by atoms with Crippen molar-refractivity contribution in [3.8, 4) is 0 Å². The normalized spacial score (nSPS) is 30.1. The first-order valence-electron chi connectivity index (χ1n) is 6.85. The summed E-state index contributed by atoms with van der Waals surface area (Å²) in [6, 6.07) is 0. The van der Waals surface area contributed by atoms with E-state index in [-0.39, 0.29) is 30.0 Å². The Labute approximate surface area is 119 Å². The topological polar surface area (TPSA) is 47.9 Å². The lowest BCUT2D eigenvalue weighted by Crippen LogP contribution is -2.41. The van der Waals surface area contributed by atoms with Crippen LogP contribution in [0.3, 0.4) is 0 Å². The molecule has 0 aromatic heterocycles. The largest absolute Gasteiger partial charge is 0.469 e. The number of hydrogen-bond acceptors (Lipinski definition) is 3. The molecule has 0 bridgehead atoms. The minimum atomic E-state index is -0.384. The van der Waals surface area contributed by atoms with Gasteiger partial charge < -0.3 is 9.31 Å². The molecule has 0 aromatic rings. The SMILES string of the molecule is CC1(C)OB(C2C=CC=C3C(=O)N=CC=C32)OC1(C)C. The van der Waals surface area contributed by atoms with Crippen molar-refractivity contribution < 1.29 is 14.1 Å². The summed E-state index contributed by atoms with van der Waals surface area (Å²) in [6.07, 6.45) is 9.11. The van der Waals surface area contributed by atoms with Gasteiger partial charge in [-0.1, -0.05) is 12.2 Å². The Hall–Kier alpha value is -1.46. The Morgan fingerprint density at radius 2 is 1.80 bits per heavy atom. The zero-order valence-electron chi connectivity index (χ0n) is 12.2. The quantitative estimate of drug-likeness (QED) is 0.688. The van der Waals surface area contributed by atoms with E-state index in [4.69, 9.17) is 9.31 Å². The lowest BCUT2D eigenvalue weighted by Gasteiger charge is -2.32. The average molecular weight is 271 g/mol. The van der Waals surface area contributed by atoms with E-state index >= 15 is 0 Å². The van der Waals surface area contributed by atoms with Gasteiger partial charge in [0.1, 0.15) is 0 Å². The third-order valence-corrected chi connectivity index (χ3v) is 4.49. The summed E-state index contributed by atoms with van der Waals surface area (Å²) in [5.74, 6) is -0.278. The molecule has 2 heterocycles. The summed E-state index contributed by atoms with van der Waals surface area (Å²) in [4.78, 5) is 15.6. The fourth-order valence-corrected chi connectivity index (χ4v) is 2.57. The van der Waals surface area contributed by atoms with Crippen molar-refractivity contribution in [1.82, 2.24) is 0 Å². The molecule has 0 aromatic carbocycles. The molecule has 0 saturated carbocycles. The fourth-order valence-electron chi connectivity index (χ4n) is 2.57. The summed E-state index contributed by atoms with van der Waals surface area (Å²) >= 11 is 0. The van der Waals surface area contributed by atoms with Gasteiger partial charge in [-0.15, -0.1) is 0 Å². The van der Waals surface area contributed by atoms with E-state index in [1.165, 1.54) is 0 Å². The maximum Gasteiger partial charge on any atom is 0.469 e. The Balaban J connectivity index is 1.92. The van der Waals surface area contributed by atoms with Crippen LogP contribution in [0.15, 0.2) is 40.4 Å². The third-order valence-electron chi connectivity index (χ3n) is 4.49. The van der Waals surface area contributed by atoms with E-state index in [2.05, 4.69) is 4.99 Å². The van der Waals surface area contributed by atoms with Crippen LogP contribution in [0.5, 0.6) is 0 Å². The van der Waals surface area contributed by atoms with Gasteiger partial charge in [-0.3, -0.25) is 4.79 Å². The molecule has 1 aliphatic carbocycles. The van der Waals surface area contributed by atoms with Crippen LogP contribution in [0.2, 0.25) is 5.82 Å². The summed E-state index contributed by atoms with van der Waals surface area (Å²) in [5.41, 5.74) is 0.807. The van der Waals surface area contributed by atoms with E-state index in [0.717, 1.165) is 5.57 Å². The number of amides is 1. The monoisotopic (exact) mass is 271 g/mol. The van der Waals surface area contributed by atoms with Crippen LogP contribution in [-0.4, -0.2) is 30.4 Å². The second-order valence-corrected chi connectivity index (χ2v) is 6.32. The molecule has 1 saturated heterocycles. The fraction of sp³-hybridized carbons (Fsp3) is 0.467. The minimum Gasteiger partial charge on any atom is -0.403 e. The Bertz CT molecular complexity index is 568. The predicted octanol–water partition coefficient (Wildman–Crippen LogP) is 2.48. The second-order valence-electron chi connectivity index (χ2n) is 6.32. The zero-order chi connectivity index (χ0) is 14.5. The molecule has 1 unspecified atom stereocenters. The number of dihydropyridines is 1. The van der Waals surface area contributed by atoms with E-state index in [9.17, 15) is 4.79 Å². The van der Waals surface area contributed by atoms with Crippen molar-refractivity contribution in [2.75, 3.05) is 0 Å². The molecule has 3 rings (SSSR count). The van der Waals surface area contributed by atoms with Crippen LogP contribution in [-0.2, 0) is 14.1 Å². The highest BCUT2D eigenvalue weighted by molar-refractivity contribution is 6.50. The van der Waals surface area contributed by atoms with Crippen molar-refractivity contribution >= 4 is 19.2 Å². The van der Waals surface area contributed by atoms with Crippen LogP contribution in [0.1, 0.15) is 27.7 Å². The molecule has 0 N–H and O–H groups in total. The highest BCUT2D eigenvalue weighted by atomic mass is 16.7. The Kier molecular flexibility index (Phi) is 2.89. The average Bonchev–Trinajstić information content (AvgIpc) is 2.58.